The second-order valence-corrected chi connectivity index (χ2v) is 3.10. The lowest BCUT2D eigenvalue weighted by molar-refractivity contribution is -0.173. The Bertz CT molecular complexity index is 327. The Morgan fingerprint density at radius 3 is 2.54 bits per heavy atom. The molecule has 0 spiro atoms. The number of hydrogen-bond donors (Lipinski definition) is 1. The van der Waals surface area contributed by atoms with E-state index in [0.717, 1.165) is 12.5 Å². The van der Waals surface area contributed by atoms with Gasteiger partial charge >= 0.3 is 6.04 Å². The SMILES string of the molecule is Cc1ccc(O)c2c1OC(C)(F)O2. The molecule has 0 amide bonds. The fraction of sp³-hybridized carbons (Fsp3) is 0.333. The van der Waals surface area contributed by atoms with E-state index in [1.807, 2.05) is 0 Å². The fourth-order valence-electron chi connectivity index (χ4n) is 1.26. The zero-order valence-corrected chi connectivity index (χ0v) is 7.30. The summed E-state index contributed by atoms with van der Waals surface area (Å²) in [5, 5.41) is 9.32. The molecule has 0 radical (unpaired) electrons. The molecule has 4 heteroatoms. The summed E-state index contributed by atoms with van der Waals surface area (Å²) in [6, 6.07) is 0.907. The monoisotopic (exact) mass is 184 g/mol. The second-order valence-electron chi connectivity index (χ2n) is 3.10. The maximum Gasteiger partial charge on any atom is 0.404 e. The van der Waals surface area contributed by atoms with Crippen molar-refractivity contribution in [3.8, 4) is 17.2 Å². The number of phenolic OH excluding ortho intramolecular Hbond substituents is 1. The van der Waals surface area contributed by atoms with Gasteiger partial charge in [-0.3, -0.25) is 0 Å². The van der Waals surface area contributed by atoms with Gasteiger partial charge in [0.25, 0.3) is 0 Å². The first kappa shape index (κ1) is 8.16. The summed E-state index contributed by atoms with van der Waals surface area (Å²) >= 11 is 0. The molecular weight excluding hydrogens is 175 g/mol. The second kappa shape index (κ2) is 2.28. The Kier molecular flexibility index (Phi) is 1.43. The highest BCUT2D eigenvalue weighted by atomic mass is 19.2. The summed E-state index contributed by atoms with van der Waals surface area (Å²) in [4.78, 5) is 0. The number of aromatic hydroxyl groups is 1. The molecule has 0 fully saturated rings. The van der Waals surface area contributed by atoms with Gasteiger partial charge in [0.05, 0.1) is 0 Å². The molecule has 1 unspecified atom stereocenters. The van der Waals surface area contributed by atoms with Crippen molar-refractivity contribution in [3.63, 3.8) is 0 Å². The van der Waals surface area contributed by atoms with Crippen LogP contribution < -0.4 is 9.47 Å². The Balaban J connectivity index is 2.56. The summed E-state index contributed by atoms with van der Waals surface area (Å²) in [6.45, 7) is 2.90. The smallest absolute Gasteiger partial charge is 0.404 e. The molecule has 0 aliphatic carbocycles. The molecule has 13 heavy (non-hydrogen) atoms. The van der Waals surface area contributed by atoms with Gasteiger partial charge in [0.1, 0.15) is 0 Å². The normalized spacial score (nSPS) is 24.8. The summed E-state index contributed by atoms with van der Waals surface area (Å²) in [7, 11) is 0. The Morgan fingerprint density at radius 2 is 1.92 bits per heavy atom. The minimum atomic E-state index is -2.17. The molecule has 1 aliphatic heterocycles. The Labute approximate surface area is 74.7 Å². The number of benzene rings is 1. The average molecular weight is 184 g/mol. The third kappa shape index (κ3) is 1.18. The molecule has 1 aromatic rings. The van der Waals surface area contributed by atoms with Crippen LogP contribution in [0.4, 0.5) is 4.39 Å². The molecule has 0 saturated heterocycles. The van der Waals surface area contributed by atoms with E-state index < -0.39 is 6.04 Å². The maximum absolute atomic E-state index is 13.2. The zero-order chi connectivity index (χ0) is 9.64. The molecule has 1 aliphatic rings. The van der Waals surface area contributed by atoms with E-state index in [0.29, 0.717) is 0 Å². The molecule has 0 aromatic heterocycles. The minimum Gasteiger partial charge on any atom is -0.504 e. The van der Waals surface area contributed by atoms with Crippen LogP contribution in [0.25, 0.3) is 0 Å². The molecule has 3 nitrogen and oxygen atoms in total. The third-order valence-electron chi connectivity index (χ3n) is 1.86. The molecule has 1 atom stereocenters. The van der Waals surface area contributed by atoms with Gasteiger partial charge in [-0.1, -0.05) is 6.07 Å². The van der Waals surface area contributed by atoms with Crippen molar-refractivity contribution in [2.45, 2.75) is 19.9 Å². The average Bonchev–Trinajstić information content (AvgIpc) is 2.35. The highest BCUT2D eigenvalue weighted by molar-refractivity contribution is 5.56. The molecule has 2 rings (SSSR count). The van der Waals surface area contributed by atoms with E-state index in [1.54, 1.807) is 13.0 Å². The number of fused-ring (bicyclic) bond motifs is 1. The van der Waals surface area contributed by atoms with Crippen molar-refractivity contribution in [1.29, 1.82) is 0 Å². The molecule has 70 valence electrons. The van der Waals surface area contributed by atoms with Crippen molar-refractivity contribution >= 4 is 0 Å². The van der Waals surface area contributed by atoms with Crippen molar-refractivity contribution in [3.05, 3.63) is 17.7 Å². The van der Waals surface area contributed by atoms with E-state index in [2.05, 4.69) is 0 Å². The molecule has 1 N–H and O–H groups in total. The van der Waals surface area contributed by atoms with Crippen LogP contribution in [-0.4, -0.2) is 11.1 Å². The predicted octanol–water partition coefficient (Wildman–Crippen LogP) is 2.12. The van der Waals surface area contributed by atoms with E-state index in [4.69, 9.17) is 9.47 Å². The van der Waals surface area contributed by atoms with Gasteiger partial charge in [0.15, 0.2) is 11.5 Å². The van der Waals surface area contributed by atoms with Crippen LogP contribution in [0.15, 0.2) is 12.1 Å². The summed E-state index contributed by atoms with van der Waals surface area (Å²) in [5.74, 6) is 0.233. The maximum atomic E-state index is 13.2. The molecular formula is C9H9FO3. The van der Waals surface area contributed by atoms with Crippen LogP contribution in [0, 0.1) is 6.92 Å². The van der Waals surface area contributed by atoms with Crippen LogP contribution >= 0.6 is 0 Å². The number of rotatable bonds is 0. The topological polar surface area (TPSA) is 38.7 Å². The van der Waals surface area contributed by atoms with Gasteiger partial charge < -0.3 is 14.6 Å². The first-order chi connectivity index (χ1) is 5.99. The standard InChI is InChI=1S/C9H9FO3/c1-5-3-4-6(11)8-7(5)12-9(2,10)13-8/h3-4,11H,1-2H3. The van der Waals surface area contributed by atoms with Crippen molar-refractivity contribution in [2.75, 3.05) is 0 Å². The number of aryl methyl sites for hydroxylation is 1. The van der Waals surface area contributed by atoms with Crippen LogP contribution in [0.2, 0.25) is 0 Å². The highest BCUT2D eigenvalue weighted by Crippen LogP contribution is 2.47. The number of phenols is 1. The lowest BCUT2D eigenvalue weighted by atomic mass is 10.2. The van der Waals surface area contributed by atoms with Gasteiger partial charge in [-0.2, -0.15) is 4.39 Å². The largest absolute Gasteiger partial charge is 0.504 e. The first-order valence-corrected chi connectivity index (χ1v) is 3.89. The van der Waals surface area contributed by atoms with Gasteiger partial charge in [0, 0.05) is 6.92 Å². The van der Waals surface area contributed by atoms with E-state index in [1.165, 1.54) is 6.07 Å². The molecule has 0 bridgehead atoms. The van der Waals surface area contributed by atoms with E-state index in [9.17, 15) is 9.50 Å². The quantitative estimate of drug-likeness (QED) is 0.671. The molecule has 1 heterocycles. The van der Waals surface area contributed by atoms with Crippen LogP contribution in [0.3, 0.4) is 0 Å². The van der Waals surface area contributed by atoms with Gasteiger partial charge in [-0.15, -0.1) is 0 Å². The minimum absolute atomic E-state index is 0.0741. The fourth-order valence-corrected chi connectivity index (χ4v) is 1.26. The van der Waals surface area contributed by atoms with E-state index in [-0.39, 0.29) is 17.2 Å². The number of hydrogen-bond acceptors (Lipinski definition) is 3. The zero-order valence-electron chi connectivity index (χ0n) is 7.30. The third-order valence-corrected chi connectivity index (χ3v) is 1.86. The van der Waals surface area contributed by atoms with Crippen molar-refractivity contribution < 1.29 is 19.0 Å². The van der Waals surface area contributed by atoms with Crippen LogP contribution in [-0.2, 0) is 0 Å². The summed E-state index contributed by atoms with van der Waals surface area (Å²) < 4.78 is 22.8. The van der Waals surface area contributed by atoms with Gasteiger partial charge in [-0.25, -0.2) is 0 Å². The number of alkyl halides is 1. The Morgan fingerprint density at radius 1 is 1.31 bits per heavy atom. The summed E-state index contributed by atoms with van der Waals surface area (Å²) in [5.41, 5.74) is 0.731. The predicted molar refractivity (Wildman–Crippen MR) is 43.6 cm³/mol. The number of halogens is 1. The van der Waals surface area contributed by atoms with E-state index >= 15 is 0 Å². The molecule has 0 saturated carbocycles. The first-order valence-electron chi connectivity index (χ1n) is 3.89. The van der Waals surface area contributed by atoms with Crippen LogP contribution in [0.1, 0.15) is 12.5 Å². The Hall–Kier alpha value is -1.45. The van der Waals surface area contributed by atoms with Crippen molar-refractivity contribution in [1.82, 2.24) is 0 Å². The summed E-state index contributed by atoms with van der Waals surface area (Å²) in [6.07, 6.45) is 0. The van der Waals surface area contributed by atoms with Crippen LogP contribution in [0.5, 0.6) is 17.2 Å². The van der Waals surface area contributed by atoms with Gasteiger partial charge in [-0.05, 0) is 18.6 Å². The number of ether oxygens (including phenoxy) is 2. The van der Waals surface area contributed by atoms with Gasteiger partial charge in [0.2, 0.25) is 5.75 Å². The lowest BCUT2D eigenvalue weighted by Gasteiger charge is -2.10. The lowest BCUT2D eigenvalue weighted by Crippen LogP contribution is -2.28. The highest BCUT2D eigenvalue weighted by Gasteiger charge is 2.39. The molecule has 1 aromatic carbocycles. The van der Waals surface area contributed by atoms with Crippen molar-refractivity contribution in [2.24, 2.45) is 0 Å².